The summed E-state index contributed by atoms with van der Waals surface area (Å²) in [6.45, 7) is 0. The van der Waals surface area contributed by atoms with E-state index in [2.05, 4.69) is 6.08 Å². The molecule has 1 heterocycles. The highest BCUT2D eigenvalue weighted by Crippen LogP contribution is 2.34. The minimum absolute atomic E-state index is 0.0711. The smallest absolute Gasteiger partial charge is 0.142 e. The van der Waals surface area contributed by atoms with Crippen LogP contribution in [-0.4, -0.2) is 7.11 Å². The molecule has 0 N–H and O–H groups in total. The molecule has 2 aromatic carbocycles. The summed E-state index contributed by atoms with van der Waals surface area (Å²) in [4.78, 5) is 0. The fourth-order valence-corrected chi connectivity index (χ4v) is 2.22. The Bertz CT molecular complexity index is 617. The number of benzene rings is 2. The SMILES string of the molecule is COc1ccc2c(c1)C=CC(c1ccc(Cl)cc1)O2. The first-order valence-corrected chi connectivity index (χ1v) is 6.42. The Kier molecular flexibility index (Phi) is 3.18. The van der Waals surface area contributed by atoms with Crippen LogP contribution in [0, 0.1) is 0 Å². The van der Waals surface area contributed by atoms with Crippen LogP contribution < -0.4 is 9.47 Å². The van der Waals surface area contributed by atoms with Crippen LogP contribution in [0.5, 0.6) is 11.5 Å². The number of methoxy groups -OCH3 is 1. The highest BCUT2D eigenvalue weighted by molar-refractivity contribution is 6.30. The van der Waals surface area contributed by atoms with Crippen molar-refractivity contribution < 1.29 is 9.47 Å². The second kappa shape index (κ2) is 4.98. The van der Waals surface area contributed by atoms with Crippen molar-refractivity contribution in [3.63, 3.8) is 0 Å². The topological polar surface area (TPSA) is 18.5 Å². The molecule has 0 spiro atoms. The largest absolute Gasteiger partial charge is 0.497 e. The Morgan fingerprint density at radius 2 is 1.89 bits per heavy atom. The average Bonchev–Trinajstić information content (AvgIpc) is 2.47. The summed E-state index contributed by atoms with van der Waals surface area (Å²) in [5.41, 5.74) is 2.12. The van der Waals surface area contributed by atoms with Crippen molar-refractivity contribution in [3.8, 4) is 11.5 Å². The third kappa shape index (κ3) is 2.45. The van der Waals surface area contributed by atoms with Crippen molar-refractivity contribution in [1.82, 2.24) is 0 Å². The van der Waals surface area contributed by atoms with Gasteiger partial charge in [-0.1, -0.05) is 29.8 Å². The van der Waals surface area contributed by atoms with Gasteiger partial charge in [0.2, 0.25) is 0 Å². The maximum Gasteiger partial charge on any atom is 0.142 e. The third-order valence-corrected chi connectivity index (χ3v) is 3.37. The van der Waals surface area contributed by atoms with Gasteiger partial charge in [-0.25, -0.2) is 0 Å². The lowest BCUT2D eigenvalue weighted by molar-refractivity contribution is 0.251. The van der Waals surface area contributed by atoms with Crippen molar-refractivity contribution in [3.05, 3.63) is 64.7 Å². The number of hydrogen-bond donors (Lipinski definition) is 0. The molecule has 0 saturated carbocycles. The zero-order valence-electron chi connectivity index (χ0n) is 10.5. The fourth-order valence-electron chi connectivity index (χ4n) is 2.09. The van der Waals surface area contributed by atoms with E-state index in [0.29, 0.717) is 0 Å². The molecular weight excluding hydrogens is 260 g/mol. The average molecular weight is 273 g/mol. The van der Waals surface area contributed by atoms with Crippen molar-refractivity contribution in [2.24, 2.45) is 0 Å². The molecule has 96 valence electrons. The molecule has 1 atom stereocenters. The Hall–Kier alpha value is -1.93. The molecule has 0 saturated heterocycles. The van der Waals surface area contributed by atoms with E-state index in [-0.39, 0.29) is 6.10 Å². The first-order valence-electron chi connectivity index (χ1n) is 6.04. The van der Waals surface area contributed by atoms with E-state index in [4.69, 9.17) is 21.1 Å². The van der Waals surface area contributed by atoms with Crippen LogP contribution in [0.3, 0.4) is 0 Å². The molecule has 0 radical (unpaired) electrons. The van der Waals surface area contributed by atoms with E-state index in [1.54, 1.807) is 7.11 Å². The van der Waals surface area contributed by atoms with E-state index in [1.165, 1.54) is 0 Å². The number of halogens is 1. The predicted molar refractivity (Wildman–Crippen MR) is 76.8 cm³/mol. The molecule has 0 aromatic heterocycles. The van der Waals surface area contributed by atoms with Crippen LogP contribution in [0.1, 0.15) is 17.2 Å². The van der Waals surface area contributed by atoms with Crippen molar-refractivity contribution in [1.29, 1.82) is 0 Å². The number of ether oxygens (including phenoxy) is 2. The van der Waals surface area contributed by atoms with E-state index < -0.39 is 0 Å². The molecule has 0 amide bonds. The summed E-state index contributed by atoms with van der Waals surface area (Å²) < 4.78 is 11.2. The van der Waals surface area contributed by atoms with Crippen LogP contribution in [0.2, 0.25) is 5.02 Å². The minimum atomic E-state index is -0.0711. The van der Waals surface area contributed by atoms with E-state index in [0.717, 1.165) is 27.6 Å². The molecule has 0 bridgehead atoms. The van der Waals surface area contributed by atoms with Crippen LogP contribution in [-0.2, 0) is 0 Å². The maximum absolute atomic E-state index is 5.97. The molecule has 3 heteroatoms. The molecule has 2 nitrogen and oxygen atoms in total. The number of hydrogen-bond acceptors (Lipinski definition) is 2. The molecule has 0 aliphatic carbocycles. The quantitative estimate of drug-likeness (QED) is 0.802. The predicted octanol–water partition coefficient (Wildman–Crippen LogP) is 4.50. The molecular formula is C16H13ClO2. The first-order chi connectivity index (χ1) is 9.26. The summed E-state index contributed by atoms with van der Waals surface area (Å²) in [6, 6.07) is 13.5. The summed E-state index contributed by atoms with van der Waals surface area (Å²) >= 11 is 5.89. The van der Waals surface area contributed by atoms with Gasteiger partial charge >= 0.3 is 0 Å². The zero-order chi connectivity index (χ0) is 13.2. The number of rotatable bonds is 2. The second-order valence-corrected chi connectivity index (χ2v) is 4.79. The minimum Gasteiger partial charge on any atom is -0.497 e. The van der Waals surface area contributed by atoms with Crippen LogP contribution >= 0.6 is 11.6 Å². The van der Waals surface area contributed by atoms with E-state index in [1.807, 2.05) is 48.5 Å². The number of fused-ring (bicyclic) bond motifs is 1. The van der Waals surface area contributed by atoms with Crippen LogP contribution in [0.15, 0.2) is 48.5 Å². The van der Waals surface area contributed by atoms with Gasteiger partial charge in [0, 0.05) is 10.6 Å². The van der Waals surface area contributed by atoms with Gasteiger partial charge in [-0.15, -0.1) is 0 Å². The van der Waals surface area contributed by atoms with Crippen molar-refractivity contribution >= 4 is 17.7 Å². The Morgan fingerprint density at radius 3 is 2.63 bits per heavy atom. The summed E-state index contributed by atoms with van der Waals surface area (Å²) in [6.07, 6.45) is 4.02. The molecule has 2 aromatic rings. The van der Waals surface area contributed by atoms with Crippen molar-refractivity contribution in [2.75, 3.05) is 7.11 Å². The third-order valence-electron chi connectivity index (χ3n) is 3.12. The highest BCUT2D eigenvalue weighted by Gasteiger charge is 2.16. The fraction of sp³-hybridized carbons (Fsp3) is 0.125. The van der Waals surface area contributed by atoms with Gasteiger partial charge in [0.05, 0.1) is 7.11 Å². The molecule has 1 aliphatic rings. The highest BCUT2D eigenvalue weighted by atomic mass is 35.5. The van der Waals surface area contributed by atoms with Gasteiger partial charge < -0.3 is 9.47 Å². The normalized spacial score (nSPS) is 16.6. The van der Waals surface area contributed by atoms with Crippen LogP contribution in [0.25, 0.3) is 6.08 Å². The van der Waals surface area contributed by atoms with Gasteiger partial charge in [-0.2, -0.15) is 0 Å². The Morgan fingerprint density at radius 1 is 1.11 bits per heavy atom. The first kappa shape index (κ1) is 12.1. The molecule has 1 aliphatic heterocycles. The molecule has 3 rings (SSSR count). The van der Waals surface area contributed by atoms with Crippen LogP contribution in [0.4, 0.5) is 0 Å². The van der Waals surface area contributed by atoms with Gasteiger partial charge in [-0.3, -0.25) is 0 Å². The van der Waals surface area contributed by atoms with Gasteiger partial charge in [0.1, 0.15) is 17.6 Å². The Balaban J connectivity index is 1.89. The van der Waals surface area contributed by atoms with Gasteiger partial charge in [0.25, 0.3) is 0 Å². The van der Waals surface area contributed by atoms with E-state index in [9.17, 15) is 0 Å². The summed E-state index contributed by atoms with van der Waals surface area (Å²) in [5, 5.41) is 0.730. The van der Waals surface area contributed by atoms with E-state index >= 15 is 0 Å². The van der Waals surface area contributed by atoms with Gasteiger partial charge in [0.15, 0.2) is 0 Å². The maximum atomic E-state index is 5.97. The molecule has 19 heavy (non-hydrogen) atoms. The Labute approximate surface area is 117 Å². The summed E-state index contributed by atoms with van der Waals surface area (Å²) in [7, 11) is 1.66. The molecule has 0 fully saturated rings. The van der Waals surface area contributed by atoms with Crippen molar-refractivity contribution in [2.45, 2.75) is 6.10 Å². The summed E-state index contributed by atoms with van der Waals surface area (Å²) in [5.74, 6) is 1.69. The lowest BCUT2D eigenvalue weighted by Gasteiger charge is -2.22. The van der Waals surface area contributed by atoms with Gasteiger partial charge in [-0.05, 0) is 42.0 Å². The zero-order valence-corrected chi connectivity index (χ0v) is 11.2. The lowest BCUT2D eigenvalue weighted by Crippen LogP contribution is -2.08. The lowest BCUT2D eigenvalue weighted by atomic mass is 10.0. The molecule has 1 unspecified atom stereocenters. The standard InChI is InChI=1S/C16H13ClO2/c1-18-14-7-9-16-12(10-14)4-8-15(19-16)11-2-5-13(17)6-3-11/h2-10,15H,1H3. The monoisotopic (exact) mass is 272 g/mol. The second-order valence-electron chi connectivity index (χ2n) is 4.35.